The van der Waals surface area contributed by atoms with Crippen molar-refractivity contribution in [3.8, 4) is 0 Å². The van der Waals surface area contributed by atoms with E-state index < -0.39 is 6.10 Å². The molecular weight excluding hydrogens is 202 g/mol. The zero-order valence-corrected chi connectivity index (χ0v) is 9.40. The van der Waals surface area contributed by atoms with Crippen molar-refractivity contribution in [1.29, 1.82) is 0 Å². The molecule has 1 aromatic rings. The summed E-state index contributed by atoms with van der Waals surface area (Å²) in [5, 5.41) is 16.2. The van der Waals surface area contributed by atoms with Crippen LogP contribution in [0.5, 0.6) is 0 Å². The average molecular weight is 219 g/mol. The first-order chi connectivity index (χ1) is 7.75. The Morgan fingerprint density at radius 3 is 3.12 bits per heavy atom. The van der Waals surface area contributed by atoms with Gasteiger partial charge in [0.25, 0.3) is 0 Å². The molecule has 2 rings (SSSR count). The number of aliphatic hydroxyl groups excluding tert-OH is 1. The van der Waals surface area contributed by atoms with Gasteiger partial charge in [-0.15, -0.1) is 0 Å². The predicted octanol–water partition coefficient (Wildman–Crippen LogP) is 0.577. The third-order valence-electron chi connectivity index (χ3n) is 2.56. The highest BCUT2D eigenvalue weighted by molar-refractivity contribution is 5.81. The summed E-state index contributed by atoms with van der Waals surface area (Å²) < 4.78 is 0. The standard InChI is InChI=1S/C12H17N3O/c1-9-3-2-4-10(7-9)11(16)8-15-12-13-5-6-14-12/h2-4,7,11,16H,5-6,8H2,1H3,(H2,13,14,15). The summed E-state index contributed by atoms with van der Waals surface area (Å²) in [4.78, 5) is 4.20. The molecule has 0 saturated carbocycles. The van der Waals surface area contributed by atoms with Crippen LogP contribution in [0.1, 0.15) is 17.2 Å². The van der Waals surface area contributed by atoms with E-state index in [2.05, 4.69) is 15.6 Å². The molecule has 0 amide bonds. The third-order valence-corrected chi connectivity index (χ3v) is 2.56. The fourth-order valence-corrected chi connectivity index (χ4v) is 1.70. The van der Waals surface area contributed by atoms with E-state index in [1.165, 1.54) is 0 Å². The zero-order chi connectivity index (χ0) is 11.4. The van der Waals surface area contributed by atoms with Crippen molar-refractivity contribution >= 4 is 5.96 Å². The Balaban J connectivity index is 1.90. The van der Waals surface area contributed by atoms with Crippen molar-refractivity contribution in [1.82, 2.24) is 10.6 Å². The quantitative estimate of drug-likeness (QED) is 0.697. The number of rotatable bonds is 3. The minimum atomic E-state index is -0.495. The van der Waals surface area contributed by atoms with E-state index >= 15 is 0 Å². The van der Waals surface area contributed by atoms with Gasteiger partial charge < -0.3 is 15.7 Å². The Morgan fingerprint density at radius 2 is 2.44 bits per heavy atom. The van der Waals surface area contributed by atoms with Crippen LogP contribution in [-0.2, 0) is 0 Å². The van der Waals surface area contributed by atoms with Gasteiger partial charge in [-0.1, -0.05) is 29.8 Å². The third kappa shape index (κ3) is 2.73. The lowest BCUT2D eigenvalue weighted by Crippen LogP contribution is -2.36. The van der Waals surface area contributed by atoms with Crippen molar-refractivity contribution in [2.45, 2.75) is 13.0 Å². The van der Waals surface area contributed by atoms with Crippen LogP contribution < -0.4 is 10.6 Å². The van der Waals surface area contributed by atoms with Crippen molar-refractivity contribution in [3.05, 3.63) is 35.4 Å². The summed E-state index contributed by atoms with van der Waals surface area (Å²) in [6, 6.07) is 7.91. The molecule has 1 aliphatic heterocycles. The Labute approximate surface area is 95.4 Å². The molecule has 0 radical (unpaired) electrons. The van der Waals surface area contributed by atoms with Gasteiger partial charge in [-0.2, -0.15) is 0 Å². The zero-order valence-electron chi connectivity index (χ0n) is 9.40. The molecule has 3 N–H and O–H groups in total. The van der Waals surface area contributed by atoms with Gasteiger partial charge in [0, 0.05) is 13.1 Å². The number of nitrogens with zero attached hydrogens (tertiary/aromatic N) is 1. The maximum Gasteiger partial charge on any atom is 0.191 e. The van der Waals surface area contributed by atoms with Crippen LogP contribution in [0.3, 0.4) is 0 Å². The van der Waals surface area contributed by atoms with Crippen LogP contribution in [0.2, 0.25) is 0 Å². The number of aliphatic hydroxyl groups is 1. The van der Waals surface area contributed by atoms with Gasteiger partial charge in [-0.05, 0) is 12.5 Å². The normalized spacial score (nSPS) is 16.5. The number of guanidine groups is 1. The maximum atomic E-state index is 9.96. The van der Waals surface area contributed by atoms with Crippen LogP contribution in [0.15, 0.2) is 29.3 Å². The summed E-state index contributed by atoms with van der Waals surface area (Å²) in [7, 11) is 0. The smallest absolute Gasteiger partial charge is 0.191 e. The minimum Gasteiger partial charge on any atom is -0.387 e. The molecule has 4 nitrogen and oxygen atoms in total. The highest BCUT2D eigenvalue weighted by atomic mass is 16.3. The van der Waals surface area contributed by atoms with Crippen LogP contribution >= 0.6 is 0 Å². The Bertz CT molecular complexity index is 390. The van der Waals surface area contributed by atoms with Crippen molar-refractivity contribution in [2.24, 2.45) is 4.99 Å². The Kier molecular flexibility index (Phi) is 3.41. The van der Waals surface area contributed by atoms with Crippen molar-refractivity contribution in [3.63, 3.8) is 0 Å². The van der Waals surface area contributed by atoms with Gasteiger partial charge in [-0.25, -0.2) is 0 Å². The van der Waals surface area contributed by atoms with Gasteiger partial charge in [0.1, 0.15) is 0 Å². The maximum absolute atomic E-state index is 9.96. The summed E-state index contributed by atoms with van der Waals surface area (Å²) >= 11 is 0. The molecule has 1 heterocycles. The SMILES string of the molecule is Cc1cccc(C(O)CNC2=NCCN2)c1. The molecule has 1 unspecified atom stereocenters. The van der Waals surface area contributed by atoms with Gasteiger partial charge in [-0.3, -0.25) is 4.99 Å². The molecule has 1 aliphatic rings. The molecule has 1 aromatic carbocycles. The molecule has 0 bridgehead atoms. The molecule has 0 aromatic heterocycles. The second kappa shape index (κ2) is 4.99. The first-order valence-corrected chi connectivity index (χ1v) is 5.52. The number of nitrogens with one attached hydrogen (secondary N) is 2. The van der Waals surface area contributed by atoms with E-state index in [1.54, 1.807) is 0 Å². The summed E-state index contributed by atoms with van der Waals surface area (Å²) in [6.45, 7) is 4.19. The van der Waals surface area contributed by atoms with E-state index in [-0.39, 0.29) is 0 Å². The lowest BCUT2D eigenvalue weighted by Gasteiger charge is -2.13. The fraction of sp³-hybridized carbons (Fsp3) is 0.417. The molecule has 0 spiro atoms. The summed E-state index contributed by atoms with van der Waals surface area (Å²) in [5.74, 6) is 0.784. The van der Waals surface area contributed by atoms with E-state index in [0.717, 1.165) is 30.2 Å². The molecule has 1 atom stereocenters. The summed E-state index contributed by atoms with van der Waals surface area (Å²) in [5.41, 5.74) is 2.10. The first-order valence-electron chi connectivity index (χ1n) is 5.52. The number of aliphatic imine (C=N–C) groups is 1. The number of hydrogen-bond donors (Lipinski definition) is 3. The van der Waals surface area contributed by atoms with Crippen molar-refractivity contribution in [2.75, 3.05) is 19.6 Å². The molecule has 16 heavy (non-hydrogen) atoms. The number of hydrogen-bond acceptors (Lipinski definition) is 4. The van der Waals surface area contributed by atoms with Crippen molar-refractivity contribution < 1.29 is 5.11 Å². The molecule has 86 valence electrons. The first kappa shape index (κ1) is 11.0. The number of aryl methyl sites for hydroxylation is 1. The minimum absolute atomic E-state index is 0.481. The van der Waals surface area contributed by atoms with Crippen LogP contribution in [0.25, 0.3) is 0 Å². The highest BCUT2D eigenvalue weighted by Gasteiger charge is 2.10. The molecule has 4 heteroatoms. The largest absolute Gasteiger partial charge is 0.387 e. The van der Waals surface area contributed by atoms with Gasteiger partial charge >= 0.3 is 0 Å². The fourth-order valence-electron chi connectivity index (χ4n) is 1.70. The van der Waals surface area contributed by atoms with Crippen LogP contribution in [0.4, 0.5) is 0 Å². The lowest BCUT2D eigenvalue weighted by molar-refractivity contribution is 0.181. The van der Waals surface area contributed by atoms with Crippen LogP contribution in [-0.4, -0.2) is 30.7 Å². The van der Waals surface area contributed by atoms with Crippen LogP contribution in [0, 0.1) is 6.92 Å². The van der Waals surface area contributed by atoms with E-state index in [4.69, 9.17) is 0 Å². The molecule has 0 saturated heterocycles. The molecular formula is C12H17N3O. The lowest BCUT2D eigenvalue weighted by atomic mass is 10.1. The predicted molar refractivity (Wildman–Crippen MR) is 64.4 cm³/mol. The van der Waals surface area contributed by atoms with Gasteiger partial charge in [0.05, 0.1) is 12.6 Å². The Morgan fingerprint density at radius 1 is 1.56 bits per heavy atom. The van der Waals surface area contributed by atoms with Gasteiger partial charge in [0.15, 0.2) is 5.96 Å². The van der Waals surface area contributed by atoms with E-state index in [0.29, 0.717) is 6.54 Å². The van der Waals surface area contributed by atoms with Gasteiger partial charge in [0.2, 0.25) is 0 Å². The second-order valence-corrected chi connectivity index (χ2v) is 3.97. The average Bonchev–Trinajstić information content (AvgIpc) is 2.78. The van der Waals surface area contributed by atoms with E-state index in [9.17, 15) is 5.11 Å². The summed E-state index contributed by atoms with van der Waals surface area (Å²) in [6.07, 6.45) is -0.495. The molecule has 0 aliphatic carbocycles. The Hall–Kier alpha value is -1.55. The number of benzene rings is 1. The molecule has 0 fully saturated rings. The monoisotopic (exact) mass is 219 g/mol. The van der Waals surface area contributed by atoms with E-state index in [1.807, 2.05) is 31.2 Å². The highest BCUT2D eigenvalue weighted by Crippen LogP contribution is 2.13. The topological polar surface area (TPSA) is 56.6 Å². The second-order valence-electron chi connectivity index (χ2n) is 3.97.